The summed E-state index contributed by atoms with van der Waals surface area (Å²) in [5.74, 6) is 3.77. The molecule has 2 heterocycles. The van der Waals surface area contributed by atoms with Crippen molar-refractivity contribution in [2.24, 2.45) is 5.92 Å². The molecule has 2 rings (SSSR count). The highest BCUT2D eigenvalue weighted by molar-refractivity contribution is 7.99. The van der Waals surface area contributed by atoms with E-state index in [2.05, 4.69) is 28.9 Å². The summed E-state index contributed by atoms with van der Waals surface area (Å²) in [4.78, 5) is 2.68. The molecule has 0 bridgehead atoms. The van der Waals surface area contributed by atoms with Crippen LogP contribution in [0.2, 0.25) is 0 Å². The molecule has 2 aliphatic heterocycles. The zero-order valence-electron chi connectivity index (χ0n) is 9.87. The zero-order chi connectivity index (χ0) is 10.5. The number of rotatable bonds is 2. The summed E-state index contributed by atoms with van der Waals surface area (Å²) in [6.07, 6.45) is 4.23. The third-order valence-corrected chi connectivity index (χ3v) is 4.73. The zero-order valence-corrected chi connectivity index (χ0v) is 10.7. The third kappa shape index (κ3) is 3.97. The second kappa shape index (κ2) is 6.12. The van der Waals surface area contributed by atoms with Crippen LogP contribution >= 0.6 is 11.8 Å². The number of nitrogens with zero attached hydrogens (tertiary/aromatic N) is 1. The second-order valence-electron chi connectivity index (χ2n) is 5.05. The van der Waals surface area contributed by atoms with Gasteiger partial charge in [-0.3, -0.25) is 0 Å². The first-order valence-corrected chi connectivity index (χ1v) is 7.53. The van der Waals surface area contributed by atoms with Crippen LogP contribution in [0.5, 0.6) is 0 Å². The summed E-state index contributed by atoms with van der Waals surface area (Å²) in [5, 5.41) is 3.56. The van der Waals surface area contributed by atoms with Crippen LogP contribution in [0.1, 0.15) is 26.2 Å². The van der Waals surface area contributed by atoms with E-state index in [0.29, 0.717) is 6.04 Å². The molecule has 2 saturated heterocycles. The lowest BCUT2D eigenvalue weighted by molar-refractivity contribution is 0.231. The van der Waals surface area contributed by atoms with Crippen molar-refractivity contribution in [2.45, 2.75) is 32.2 Å². The van der Waals surface area contributed by atoms with Crippen molar-refractivity contribution in [1.29, 1.82) is 0 Å². The Morgan fingerprint density at radius 3 is 3.13 bits per heavy atom. The maximum absolute atomic E-state index is 3.56. The first kappa shape index (κ1) is 11.7. The van der Waals surface area contributed by atoms with Crippen molar-refractivity contribution in [3.8, 4) is 0 Å². The summed E-state index contributed by atoms with van der Waals surface area (Å²) < 4.78 is 0. The highest BCUT2D eigenvalue weighted by Gasteiger charge is 2.20. The quantitative estimate of drug-likeness (QED) is 0.776. The van der Waals surface area contributed by atoms with Crippen LogP contribution in [0.4, 0.5) is 0 Å². The van der Waals surface area contributed by atoms with Crippen LogP contribution < -0.4 is 5.32 Å². The number of hydrogen-bond acceptors (Lipinski definition) is 3. The molecule has 3 heteroatoms. The summed E-state index contributed by atoms with van der Waals surface area (Å²) in [7, 11) is 0. The lowest BCUT2D eigenvalue weighted by Gasteiger charge is -2.29. The molecule has 2 fully saturated rings. The maximum atomic E-state index is 3.56. The Kier molecular flexibility index (Phi) is 4.79. The highest BCUT2D eigenvalue weighted by Crippen LogP contribution is 2.23. The van der Waals surface area contributed by atoms with Crippen LogP contribution in [-0.2, 0) is 0 Å². The van der Waals surface area contributed by atoms with Gasteiger partial charge in [0.2, 0.25) is 0 Å². The molecule has 2 atom stereocenters. The van der Waals surface area contributed by atoms with Crippen LogP contribution in [-0.4, -0.2) is 48.6 Å². The van der Waals surface area contributed by atoms with Crippen LogP contribution in [0.3, 0.4) is 0 Å². The average molecular weight is 228 g/mol. The van der Waals surface area contributed by atoms with E-state index in [9.17, 15) is 0 Å². The Hall–Kier alpha value is 0.270. The van der Waals surface area contributed by atoms with Gasteiger partial charge in [-0.15, -0.1) is 0 Å². The van der Waals surface area contributed by atoms with Gasteiger partial charge in [0, 0.05) is 19.1 Å². The van der Waals surface area contributed by atoms with Crippen molar-refractivity contribution in [3.05, 3.63) is 0 Å². The minimum absolute atomic E-state index is 0.684. The molecule has 15 heavy (non-hydrogen) atoms. The first-order chi connectivity index (χ1) is 7.34. The fraction of sp³-hybridized carbons (Fsp3) is 1.00. The molecular formula is C12H24N2S. The van der Waals surface area contributed by atoms with Gasteiger partial charge in [0.15, 0.2) is 0 Å². The van der Waals surface area contributed by atoms with E-state index in [1.165, 1.54) is 56.9 Å². The number of nitrogens with one attached hydrogen (secondary N) is 1. The maximum Gasteiger partial charge on any atom is 0.0166 e. The molecule has 88 valence electrons. The van der Waals surface area contributed by atoms with Gasteiger partial charge in [0.25, 0.3) is 0 Å². The van der Waals surface area contributed by atoms with E-state index in [4.69, 9.17) is 0 Å². The molecule has 0 aromatic carbocycles. The Morgan fingerprint density at radius 2 is 2.33 bits per heavy atom. The Morgan fingerprint density at radius 1 is 1.40 bits per heavy atom. The molecule has 0 amide bonds. The van der Waals surface area contributed by atoms with E-state index in [-0.39, 0.29) is 0 Å². The molecule has 0 aromatic rings. The van der Waals surface area contributed by atoms with E-state index >= 15 is 0 Å². The predicted octanol–water partition coefficient (Wildman–Crippen LogP) is 1.81. The fourth-order valence-corrected chi connectivity index (χ4v) is 3.82. The SMILES string of the molecule is CC1CN(CC2CCCSC2)CCCN1. The van der Waals surface area contributed by atoms with E-state index < -0.39 is 0 Å². The van der Waals surface area contributed by atoms with Crippen molar-refractivity contribution in [1.82, 2.24) is 10.2 Å². The lowest BCUT2D eigenvalue weighted by atomic mass is 10.0. The number of hydrogen-bond donors (Lipinski definition) is 1. The van der Waals surface area contributed by atoms with Gasteiger partial charge in [0.1, 0.15) is 0 Å². The topological polar surface area (TPSA) is 15.3 Å². The predicted molar refractivity (Wildman–Crippen MR) is 68.6 cm³/mol. The highest BCUT2D eigenvalue weighted by atomic mass is 32.2. The van der Waals surface area contributed by atoms with E-state index in [1.54, 1.807) is 0 Å². The van der Waals surface area contributed by atoms with Gasteiger partial charge in [0.05, 0.1) is 0 Å². The van der Waals surface area contributed by atoms with Crippen molar-refractivity contribution in [3.63, 3.8) is 0 Å². The molecule has 0 spiro atoms. The summed E-state index contributed by atoms with van der Waals surface area (Å²) in [5.41, 5.74) is 0. The molecule has 2 unspecified atom stereocenters. The fourth-order valence-electron chi connectivity index (χ4n) is 2.68. The van der Waals surface area contributed by atoms with Crippen molar-refractivity contribution >= 4 is 11.8 Å². The van der Waals surface area contributed by atoms with Gasteiger partial charge < -0.3 is 10.2 Å². The minimum Gasteiger partial charge on any atom is -0.313 e. The lowest BCUT2D eigenvalue weighted by Crippen LogP contribution is -2.38. The van der Waals surface area contributed by atoms with Crippen molar-refractivity contribution < 1.29 is 0 Å². The summed E-state index contributed by atoms with van der Waals surface area (Å²) >= 11 is 2.16. The molecule has 0 aromatic heterocycles. The van der Waals surface area contributed by atoms with Gasteiger partial charge in [-0.2, -0.15) is 11.8 Å². The molecule has 2 nitrogen and oxygen atoms in total. The summed E-state index contributed by atoms with van der Waals surface area (Å²) in [6, 6.07) is 0.684. The molecule has 0 aliphatic carbocycles. The van der Waals surface area contributed by atoms with Gasteiger partial charge in [-0.05, 0) is 56.7 Å². The smallest absolute Gasteiger partial charge is 0.0166 e. The number of thioether (sulfide) groups is 1. The molecule has 2 aliphatic rings. The molecule has 0 saturated carbocycles. The standard InChI is InChI=1S/C12H24N2S/c1-11-8-14(6-3-5-13-11)9-12-4-2-7-15-10-12/h11-13H,2-10H2,1H3. The van der Waals surface area contributed by atoms with E-state index in [0.717, 1.165) is 5.92 Å². The van der Waals surface area contributed by atoms with Crippen LogP contribution in [0.15, 0.2) is 0 Å². The minimum atomic E-state index is 0.684. The van der Waals surface area contributed by atoms with Gasteiger partial charge >= 0.3 is 0 Å². The molecule has 1 N–H and O–H groups in total. The van der Waals surface area contributed by atoms with Crippen LogP contribution in [0, 0.1) is 5.92 Å². The second-order valence-corrected chi connectivity index (χ2v) is 6.20. The Bertz CT molecular complexity index is 180. The first-order valence-electron chi connectivity index (χ1n) is 6.38. The Balaban J connectivity index is 1.76. The van der Waals surface area contributed by atoms with Crippen LogP contribution in [0.25, 0.3) is 0 Å². The van der Waals surface area contributed by atoms with Gasteiger partial charge in [-0.25, -0.2) is 0 Å². The molecule has 0 radical (unpaired) electrons. The van der Waals surface area contributed by atoms with Crippen molar-refractivity contribution in [2.75, 3.05) is 37.7 Å². The third-order valence-electron chi connectivity index (χ3n) is 3.45. The van der Waals surface area contributed by atoms with E-state index in [1.807, 2.05) is 0 Å². The Labute approximate surface area is 98.2 Å². The normalized spacial score (nSPS) is 35.0. The average Bonchev–Trinajstić information content (AvgIpc) is 2.44. The monoisotopic (exact) mass is 228 g/mol. The van der Waals surface area contributed by atoms with Gasteiger partial charge in [-0.1, -0.05) is 0 Å². The largest absolute Gasteiger partial charge is 0.313 e. The molecular weight excluding hydrogens is 204 g/mol. The summed E-state index contributed by atoms with van der Waals surface area (Å²) in [6.45, 7) is 7.42.